The van der Waals surface area contributed by atoms with E-state index in [4.69, 9.17) is 4.74 Å². The fourth-order valence-corrected chi connectivity index (χ4v) is 0.878. The molecule has 0 aliphatic carbocycles. The molecule has 12 heavy (non-hydrogen) atoms. The molecular formula is C10H11O2. The molecule has 63 valence electrons. The monoisotopic (exact) mass is 163 g/mol. The van der Waals surface area contributed by atoms with Gasteiger partial charge in [-0.3, -0.25) is 4.79 Å². The molecule has 1 aromatic carbocycles. The molecule has 0 unspecified atom stereocenters. The molecule has 2 nitrogen and oxygen atoms in total. The Bertz CT molecular complexity index is 279. The van der Waals surface area contributed by atoms with Gasteiger partial charge in [-0.05, 0) is 18.1 Å². The van der Waals surface area contributed by atoms with Crippen LogP contribution in [0, 0.1) is 6.92 Å². The molecule has 1 aromatic rings. The molecule has 1 radical (unpaired) electrons. The van der Waals surface area contributed by atoms with E-state index in [9.17, 15) is 4.79 Å². The summed E-state index contributed by atoms with van der Waals surface area (Å²) in [6.07, 6.45) is 0. The van der Waals surface area contributed by atoms with Gasteiger partial charge < -0.3 is 4.74 Å². The first-order chi connectivity index (χ1) is 5.70. The van der Waals surface area contributed by atoms with E-state index in [0.29, 0.717) is 6.61 Å². The summed E-state index contributed by atoms with van der Waals surface area (Å²) < 4.78 is 4.83. The number of carbonyl (C=O) groups excluding carboxylic acids is 1. The molecule has 1 rings (SSSR count). The smallest absolute Gasteiger partial charge is 0.302 e. The van der Waals surface area contributed by atoms with E-state index >= 15 is 0 Å². The molecule has 2 heteroatoms. The van der Waals surface area contributed by atoms with Crippen LogP contribution < -0.4 is 0 Å². The second kappa shape index (κ2) is 3.90. The van der Waals surface area contributed by atoms with Gasteiger partial charge in [0, 0.05) is 6.92 Å². The molecule has 0 atom stereocenters. The summed E-state index contributed by atoms with van der Waals surface area (Å²) in [5, 5.41) is 0. The van der Waals surface area contributed by atoms with Gasteiger partial charge in [-0.25, -0.2) is 0 Å². The minimum atomic E-state index is -0.266. The van der Waals surface area contributed by atoms with Crippen LogP contribution in [0.1, 0.15) is 18.1 Å². The van der Waals surface area contributed by atoms with E-state index in [2.05, 4.69) is 6.92 Å². The standard InChI is InChI=1S/C10H11O2/c1-8-5-3-4-6-10(8)7-12-9(2)11/h3-6H,1,7H2,2H3. The van der Waals surface area contributed by atoms with Gasteiger partial charge in [-0.15, -0.1) is 0 Å². The number of hydrogen-bond donors (Lipinski definition) is 0. The first kappa shape index (κ1) is 8.78. The van der Waals surface area contributed by atoms with Crippen LogP contribution in [0.3, 0.4) is 0 Å². The van der Waals surface area contributed by atoms with Crippen molar-refractivity contribution < 1.29 is 9.53 Å². The third-order valence-corrected chi connectivity index (χ3v) is 1.55. The van der Waals surface area contributed by atoms with Crippen molar-refractivity contribution in [3.05, 3.63) is 42.3 Å². The summed E-state index contributed by atoms with van der Waals surface area (Å²) in [7, 11) is 0. The minimum Gasteiger partial charge on any atom is -0.461 e. The molecule has 0 amide bonds. The number of ether oxygens (including phenoxy) is 1. The maximum atomic E-state index is 10.5. The zero-order valence-corrected chi connectivity index (χ0v) is 7.04. The quantitative estimate of drug-likeness (QED) is 0.623. The SMILES string of the molecule is [CH2]c1ccccc1COC(C)=O. The molecule has 0 heterocycles. The molecule has 0 aromatic heterocycles. The lowest BCUT2D eigenvalue weighted by atomic mass is 10.1. The van der Waals surface area contributed by atoms with E-state index in [-0.39, 0.29) is 5.97 Å². The van der Waals surface area contributed by atoms with Crippen molar-refractivity contribution >= 4 is 5.97 Å². The van der Waals surface area contributed by atoms with Crippen LogP contribution in [0.5, 0.6) is 0 Å². The fourth-order valence-electron chi connectivity index (χ4n) is 0.878. The van der Waals surface area contributed by atoms with E-state index in [1.54, 1.807) is 0 Å². The van der Waals surface area contributed by atoms with Crippen LogP contribution >= 0.6 is 0 Å². The predicted octanol–water partition coefficient (Wildman–Crippen LogP) is 1.93. The van der Waals surface area contributed by atoms with Crippen molar-refractivity contribution in [3.8, 4) is 0 Å². The Hall–Kier alpha value is -1.31. The third-order valence-electron chi connectivity index (χ3n) is 1.55. The number of rotatable bonds is 2. The zero-order valence-electron chi connectivity index (χ0n) is 7.04. The van der Waals surface area contributed by atoms with Crippen molar-refractivity contribution in [3.63, 3.8) is 0 Å². The van der Waals surface area contributed by atoms with Crippen molar-refractivity contribution in [1.82, 2.24) is 0 Å². The number of hydrogen-bond acceptors (Lipinski definition) is 2. The Morgan fingerprint density at radius 1 is 1.50 bits per heavy atom. The predicted molar refractivity (Wildman–Crippen MR) is 46.4 cm³/mol. The summed E-state index contributed by atoms with van der Waals surface area (Å²) >= 11 is 0. The summed E-state index contributed by atoms with van der Waals surface area (Å²) in [6, 6.07) is 7.58. The average molecular weight is 163 g/mol. The zero-order chi connectivity index (χ0) is 8.97. The first-order valence-electron chi connectivity index (χ1n) is 3.73. The van der Waals surface area contributed by atoms with E-state index in [0.717, 1.165) is 11.1 Å². The van der Waals surface area contributed by atoms with Gasteiger partial charge in [0.25, 0.3) is 0 Å². The van der Waals surface area contributed by atoms with Crippen LogP contribution in [0.15, 0.2) is 24.3 Å². The second-order valence-electron chi connectivity index (χ2n) is 2.55. The Balaban J connectivity index is 2.63. The van der Waals surface area contributed by atoms with Crippen molar-refractivity contribution in [1.29, 1.82) is 0 Å². The highest BCUT2D eigenvalue weighted by molar-refractivity contribution is 5.65. The first-order valence-corrected chi connectivity index (χ1v) is 3.73. The Kier molecular flexibility index (Phi) is 2.86. The minimum absolute atomic E-state index is 0.266. The van der Waals surface area contributed by atoms with Crippen LogP contribution in [0.2, 0.25) is 0 Å². The summed E-state index contributed by atoms with van der Waals surface area (Å²) in [6.45, 7) is 5.52. The molecule has 0 saturated heterocycles. The molecule has 0 saturated carbocycles. The molecule has 0 aliphatic heterocycles. The van der Waals surface area contributed by atoms with Crippen molar-refractivity contribution in [2.24, 2.45) is 0 Å². The van der Waals surface area contributed by atoms with Gasteiger partial charge in [0.05, 0.1) is 0 Å². The molecule has 0 bridgehead atoms. The maximum absolute atomic E-state index is 10.5. The fraction of sp³-hybridized carbons (Fsp3) is 0.200. The van der Waals surface area contributed by atoms with Gasteiger partial charge in [0.1, 0.15) is 6.61 Å². The largest absolute Gasteiger partial charge is 0.461 e. The van der Waals surface area contributed by atoms with Gasteiger partial charge in [0.2, 0.25) is 0 Å². The normalized spacial score (nSPS) is 9.50. The highest BCUT2D eigenvalue weighted by atomic mass is 16.5. The van der Waals surface area contributed by atoms with Gasteiger partial charge >= 0.3 is 5.97 Å². The molecule has 0 aliphatic rings. The summed E-state index contributed by atoms with van der Waals surface area (Å²) in [5.74, 6) is -0.266. The van der Waals surface area contributed by atoms with E-state index in [1.807, 2.05) is 24.3 Å². The number of benzene rings is 1. The summed E-state index contributed by atoms with van der Waals surface area (Å²) in [5.41, 5.74) is 1.85. The van der Waals surface area contributed by atoms with Crippen LogP contribution in [0.25, 0.3) is 0 Å². The highest BCUT2D eigenvalue weighted by Gasteiger charge is 1.98. The van der Waals surface area contributed by atoms with Gasteiger partial charge in [-0.1, -0.05) is 24.3 Å². The number of carbonyl (C=O) groups is 1. The van der Waals surface area contributed by atoms with E-state index < -0.39 is 0 Å². The van der Waals surface area contributed by atoms with Gasteiger partial charge in [-0.2, -0.15) is 0 Å². The maximum Gasteiger partial charge on any atom is 0.302 e. The Labute approximate surface area is 72.2 Å². The number of esters is 1. The van der Waals surface area contributed by atoms with Crippen molar-refractivity contribution in [2.75, 3.05) is 0 Å². The van der Waals surface area contributed by atoms with Crippen molar-refractivity contribution in [2.45, 2.75) is 13.5 Å². The summed E-state index contributed by atoms with van der Waals surface area (Å²) in [4.78, 5) is 10.5. The lowest BCUT2D eigenvalue weighted by Gasteiger charge is -2.04. The van der Waals surface area contributed by atoms with Gasteiger partial charge in [0.15, 0.2) is 0 Å². The third kappa shape index (κ3) is 2.38. The van der Waals surface area contributed by atoms with Crippen LogP contribution in [-0.4, -0.2) is 5.97 Å². The van der Waals surface area contributed by atoms with E-state index in [1.165, 1.54) is 6.92 Å². The molecule has 0 spiro atoms. The molecule has 0 fully saturated rings. The topological polar surface area (TPSA) is 26.3 Å². The average Bonchev–Trinajstić information content (AvgIpc) is 2.03. The van der Waals surface area contributed by atoms with Crippen LogP contribution in [0.4, 0.5) is 0 Å². The van der Waals surface area contributed by atoms with Crippen LogP contribution in [-0.2, 0) is 16.1 Å². The lowest BCUT2D eigenvalue weighted by molar-refractivity contribution is -0.142. The second-order valence-corrected chi connectivity index (χ2v) is 2.55. The highest BCUT2D eigenvalue weighted by Crippen LogP contribution is 2.07. The Morgan fingerprint density at radius 2 is 2.17 bits per heavy atom. The Morgan fingerprint density at radius 3 is 2.75 bits per heavy atom. The lowest BCUT2D eigenvalue weighted by Crippen LogP contribution is -1.99. The molecular weight excluding hydrogens is 152 g/mol. The molecule has 0 N–H and O–H groups in total.